The third-order valence-corrected chi connectivity index (χ3v) is 3.57. The maximum absolute atomic E-state index is 13.0. The molecule has 0 saturated carbocycles. The highest BCUT2D eigenvalue weighted by Gasteiger charge is 2.08. The average Bonchev–Trinajstić information content (AvgIpc) is 2.33. The van der Waals surface area contributed by atoms with Gasteiger partial charge in [0.25, 0.3) is 0 Å². The van der Waals surface area contributed by atoms with Gasteiger partial charge < -0.3 is 10.5 Å². The zero-order valence-electron chi connectivity index (χ0n) is 10.2. The summed E-state index contributed by atoms with van der Waals surface area (Å²) in [6, 6.07) is 9.66. The van der Waals surface area contributed by atoms with Crippen LogP contribution in [0.15, 0.2) is 40.9 Å². The van der Waals surface area contributed by atoms with Crippen LogP contribution in [-0.2, 0) is 0 Å². The Hall–Kier alpha value is -1.10. The molecule has 5 heteroatoms. The summed E-state index contributed by atoms with van der Waals surface area (Å²) in [5.74, 6) is 0.633. The van der Waals surface area contributed by atoms with Crippen molar-refractivity contribution in [1.29, 1.82) is 0 Å². The predicted molar refractivity (Wildman–Crippen MR) is 78.2 cm³/mol. The van der Waals surface area contributed by atoms with E-state index in [1.165, 1.54) is 18.2 Å². The molecular weight excluding hydrogens is 333 g/mol. The first-order chi connectivity index (χ1) is 8.97. The van der Waals surface area contributed by atoms with E-state index in [0.29, 0.717) is 11.5 Å². The van der Waals surface area contributed by atoms with E-state index in [2.05, 4.69) is 15.9 Å². The summed E-state index contributed by atoms with van der Waals surface area (Å²) in [4.78, 5) is 0. The van der Waals surface area contributed by atoms with E-state index in [1.807, 2.05) is 19.1 Å². The maximum atomic E-state index is 13.0. The molecule has 0 spiro atoms. The van der Waals surface area contributed by atoms with Crippen molar-refractivity contribution in [1.82, 2.24) is 0 Å². The van der Waals surface area contributed by atoms with E-state index in [9.17, 15) is 4.39 Å². The predicted octanol–water partition coefficient (Wildman–Crippen LogP) is 5.05. The van der Waals surface area contributed by atoms with Gasteiger partial charge in [0.1, 0.15) is 17.3 Å². The normalized spacial score (nSPS) is 12.3. The van der Waals surface area contributed by atoms with Crippen LogP contribution >= 0.6 is 27.5 Å². The van der Waals surface area contributed by atoms with Gasteiger partial charge in [0.2, 0.25) is 0 Å². The quantitative estimate of drug-likeness (QED) is 0.845. The zero-order valence-corrected chi connectivity index (χ0v) is 12.5. The summed E-state index contributed by atoms with van der Waals surface area (Å²) in [6.07, 6.45) is 0. The number of ether oxygens (including phenoxy) is 1. The lowest BCUT2D eigenvalue weighted by molar-refractivity contribution is 0.480. The number of rotatable bonds is 3. The molecule has 0 aromatic heterocycles. The smallest absolute Gasteiger partial charge is 0.142 e. The van der Waals surface area contributed by atoms with Crippen LogP contribution in [0.2, 0.25) is 5.02 Å². The Balaban J connectivity index is 2.24. The highest BCUT2D eigenvalue weighted by molar-refractivity contribution is 9.10. The second-order valence-electron chi connectivity index (χ2n) is 4.15. The molecule has 2 rings (SSSR count). The van der Waals surface area contributed by atoms with E-state index in [-0.39, 0.29) is 11.1 Å². The molecule has 0 fully saturated rings. The molecule has 2 aromatic rings. The minimum atomic E-state index is -0.470. The van der Waals surface area contributed by atoms with Gasteiger partial charge >= 0.3 is 0 Å². The first kappa shape index (κ1) is 14.3. The maximum Gasteiger partial charge on any atom is 0.142 e. The highest BCUT2D eigenvalue weighted by atomic mass is 79.9. The van der Waals surface area contributed by atoms with Crippen LogP contribution in [0, 0.1) is 5.82 Å². The third kappa shape index (κ3) is 3.47. The second-order valence-corrected chi connectivity index (χ2v) is 5.41. The first-order valence-corrected chi connectivity index (χ1v) is 6.82. The van der Waals surface area contributed by atoms with Crippen LogP contribution in [0.1, 0.15) is 18.5 Å². The van der Waals surface area contributed by atoms with Gasteiger partial charge in [-0.15, -0.1) is 0 Å². The van der Waals surface area contributed by atoms with Crippen molar-refractivity contribution in [2.24, 2.45) is 5.73 Å². The van der Waals surface area contributed by atoms with Crippen molar-refractivity contribution in [2.75, 3.05) is 0 Å². The summed E-state index contributed by atoms with van der Waals surface area (Å²) in [5.41, 5.74) is 6.81. The number of hydrogen-bond donors (Lipinski definition) is 1. The van der Waals surface area contributed by atoms with Gasteiger partial charge in [-0.05, 0) is 36.8 Å². The van der Waals surface area contributed by atoms with Crippen LogP contribution < -0.4 is 10.5 Å². The fourth-order valence-electron chi connectivity index (χ4n) is 1.62. The van der Waals surface area contributed by atoms with Gasteiger partial charge in [-0.25, -0.2) is 4.39 Å². The molecule has 1 unspecified atom stereocenters. The van der Waals surface area contributed by atoms with Crippen molar-refractivity contribution in [2.45, 2.75) is 13.0 Å². The topological polar surface area (TPSA) is 35.2 Å². The lowest BCUT2D eigenvalue weighted by Gasteiger charge is -2.11. The van der Waals surface area contributed by atoms with Crippen LogP contribution in [-0.4, -0.2) is 0 Å². The van der Waals surface area contributed by atoms with Gasteiger partial charge in [0, 0.05) is 16.6 Å². The van der Waals surface area contributed by atoms with Crippen LogP contribution in [0.25, 0.3) is 0 Å². The van der Waals surface area contributed by atoms with Gasteiger partial charge in [-0.2, -0.15) is 0 Å². The van der Waals surface area contributed by atoms with Crippen molar-refractivity contribution < 1.29 is 9.13 Å². The number of hydrogen-bond acceptors (Lipinski definition) is 2. The largest absolute Gasteiger partial charge is 0.457 e. The van der Waals surface area contributed by atoms with E-state index in [0.717, 1.165) is 10.0 Å². The third-order valence-electron chi connectivity index (χ3n) is 2.59. The SMILES string of the molecule is CC(N)c1ccc(Oc2ccc(F)c(Cl)c2)cc1Br. The average molecular weight is 345 g/mol. The fraction of sp³-hybridized carbons (Fsp3) is 0.143. The Morgan fingerprint density at radius 1 is 1.21 bits per heavy atom. The minimum Gasteiger partial charge on any atom is -0.457 e. The van der Waals surface area contributed by atoms with Crippen molar-refractivity contribution in [3.63, 3.8) is 0 Å². The molecule has 2 nitrogen and oxygen atoms in total. The Morgan fingerprint density at radius 2 is 1.84 bits per heavy atom. The summed E-state index contributed by atoms with van der Waals surface area (Å²) >= 11 is 9.14. The molecule has 1 atom stereocenters. The van der Waals surface area contributed by atoms with Crippen LogP contribution in [0.5, 0.6) is 11.5 Å². The highest BCUT2D eigenvalue weighted by Crippen LogP contribution is 2.30. The van der Waals surface area contributed by atoms with E-state index in [4.69, 9.17) is 22.1 Å². The summed E-state index contributed by atoms with van der Waals surface area (Å²) in [5, 5.41) is 0.0313. The Bertz CT molecular complexity index is 604. The standard InChI is InChI=1S/C14H12BrClFNO/c1-8(18)11-4-2-9(6-12(11)15)19-10-3-5-14(17)13(16)7-10/h2-8H,18H2,1H3. The van der Waals surface area contributed by atoms with E-state index in [1.54, 1.807) is 6.07 Å². The summed E-state index contributed by atoms with van der Waals surface area (Å²) < 4.78 is 19.5. The molecule has 0 aliphatic heterocycles. The van der Waals surface area contributed by atoms with Gasteiger partial charge in [0.15, 0.2) is 0 Å². The molecule has 0 bridgehead atoms. The van der Waals surface area contributed by atoms with Crippen molar-refractivity contribution in [3.8, 4) is 11.5 Å². The Labute approximate surface area is 124 Å². The lowest BCUT2D eigenvalue weighted by atomic mass is 10.1. The van der Waals surface area contributed by atoms with Gasteiger partial charge in [0.05, 0.1) is 5.02 Å². The number of benzene rings is 2. The van der Waals surface area contributed by atoms with E-state index >= 15 is 0 Å². The minimum absolute atomic E-state index is 0.0313. The van der Waals surface area contributed by atoms with Crippen molar-refractivity contribution in [3.05, 3.63) is 57.3 Å². The Kier molecular flexibility index (Phi) is 4.45. The van der Waals surface area contributed by atoms with Crippen LogP contribution in [0.4, 0.5) is 4.39 Å². The summed E-state index contributed by atoms with van der Waals surface area (Å²) in [7, 11) is 0. The molecule has 0 aliphatic carbocycles. The zero-order chi connectivity index (χ0) is 14.0. The van der Waals surface area contributed by atoms with Crippen molar-refractivity contribution >= 4 is 27.5 Å². The van der Waals surface area contributed by atoms with Crippen LogP contribution in [0.3, 0.4) is 0 Å². The monoisotopic (exact) mass is 343 g/mol. The molecule has 2 aromatic carbocycles. The molecular formula is C14H12BrClFNO. The van der Waals surface area contributed by atoms with E-state index < -0.39 is 5.82 Å². The molecule has 0 heterocycles. The molecule has 0 radical (unpaired) electrons. The summed E-state index contributed by atoms with van der Waals surface area (Å²) in [6.45, 7) is 1.90. The second kappa shape index (κ2) is 5.90. The fourth-order valence-corrected chi connectivity index (χ4v) is 2.51. The molecule has 100 valence electrons. The molecule has 19 heavy (non-hydrogen) atoms. The molecule has 2 N–H and O–H groups in total. The number of halogens is 3. The lowest BCUT2D eigenvalue weighted by Crippen LogP contribution is -2.05. The first-order valence-electron chi connectivity index (χ1n) is 5.65. The van der Waals surface area contributed by atoms with Gasteiger partial charge in [-0.3, -0.25) is 0 Å². The Morgan fingerprint density at radius 3 is 2.42 bits per heavy atom. The molecule has 0 aliphatic rings. The number of nitrogens with two attached hydrogens (primary N) is 1. The molecule has 0 saturated heterocycles. The molecule has 0 amide bonds. The van der Waals surface area contributed by atoms with Gasteiger partial charge in [-0.1, -0.05) is 33.6 Å².